The first-order valence-corrected chi connectivity index (χ1v) is 11.0. The summed E-state index contributed by atoms with van der Waals surface area (Å²) >= 11 is 9.27. The third-order valence-corrected chi connectivity index (χ3v) is 6.22. The molecule has 0 bridgehead atoms. The number of aromatic nitrogens is 2. The molecule has 0 aliphatic carbocycles. The molecule has 2 aromatic carbocycles. The van der Waals surface area contributed by atoms with Gasteiger partial charge in [-0.1, -0.05) is 28.1 Å². The molecule has 1 aliphatic heterocycles. The van der Waals surface area contributed by atoms with Crippen molar-refractivity contribution >= 4 is 38.9 Å². The minimum atomic E-state index is -0.275. The molecule has 3 heterocycles. The lowest BCUT2D eigenvalue weighted by Crippen LogP contribution is -2.30. The Kier molecular flexibility index (Phi) is 5.29. The molecule has 1 fully saturated rings. The van der Waals surface area contributed by atoms with Gasteiger partial charge in [-0.05, 0) is 78.9 Å². The minimum Gasteiger partial charge on any atom is -0.351 e. The molecule has 154 valence electrons. The van der Waals surface area contributed by atoms with E-state index in [-0.39, 0.29) is 17.9 Å². The molecule has 2 aromatic heterocycles. The van der Waals surface area contributed by atoms with Gasteiger partial charge in [0.15, 0.2) is 5.11 Å². The number of thiocarbonyl (C=S) groups is 1. The molecule has 1 saturated heterocycles. The Morgan fingerprint density at radius 2 is 1.77 bits per heavy atom. The van der Waals surface area contributed by atoms with Gasteiger partial charge in [0.2, 0.25) is 0 Å². The van der Waals surface area contributed by atoms with E-state index in [1.165, 1.54) is 12.1 Å². The lowest BCUT2D eigenvalue weighted by Gasteiger charge is -2.29. The van der Waals surface area contributed by atoms with Crippen molar-refractivity contribution in [1.82, 2.24) is 14.9 Å². The molecule has 4 aromatic rings. The summed E-state index contributed by atoms with van der Waals surface area (Å²) in [6.07, 6.45) is 3.73. The second kappa shape index (κ2) is 8.24. The lowest BCUT2D eigenvalue weighted by atomic mass is 10.0. The quantitative estimate of drug-likeness (QED) is 0.356. The van der Waals surface area contributed by atoms with Crippen molar-refractivity contribution in [3.63, 3.8) is 0 Å². The smallest absolute Gasteiger partial charge is 0.174 e. The molecule has 0 saturated carbocycles. The SMILES string of the molecule is Fc1cccc(-n2cccc2[C@@H]2[C@H](c3ccccn3)NC(=S)N2c2ccc(Br)cc2)c1. The summed E-state index contributed by atoms with van der Waals surface area (Å²) in [7, 11) is 0. The molecule has 1 aliphatic rings. The summed E-state index contributed by atoms with van der Waals surface area (Å²) in [6, 6.07) is 24.2. The van der Waals surface area contributed by atoms with Crippen LogP contribution in [0.4, 0.5) is 10.1 Å². The number of anilines is 1. The third-order valence-electron chi connectivity index (χ3n) is 5.37. The van der Waals surface area contributed by atoms with Crippen molar-refractivity contribution < 1.29 is 4.39 Å². The summed E-state index contributed by atoms with van der Waals surface area (Å²) in [4.78, 5) is 6.69. The average molecular weight is 493 g/mol. The maximum Gasteiger partial charge on any atom is 0.174 e. The first kappa shape index (κ1) is 19.9. The highest BCUT2D eigenvalue weighted by molar-refractivity contribution is 9.10. The van der Waals surface area contributed by atoms with E-state index in [0.717, 1.165) is 27.2 Å². The van der Waals surface area contributed by atoms with Crippen molar-refractivity contribution in [2.24, 2.45) is 0 Å². The summed E-state index contributed by atoms with van der Waals surface area (Å²) in [5.74, 6) is -0.275. The predicted molar refractivity (Wildman–Crippen MR) is 128 cm³/mol. The minimum absolute atomic E-state index is 0.167. The Balaban J connectivity index is 1.67. The van der Waals surface area contributed by atoms with E-state index in [1.54, 1.807) is 12.3 Å². The van der Waals surface area contributed by atoms with Crippen molar-refractivity contribution in [3.05, 3.63) is 113 Å². The van der Waals surface area contributed by atoms with Crippen LogP contribution in [-0.2, 0) is 0 Å². The van der Waals surface area contributed by atoms with Crippen LogP contribution in [0.5, 0.6) is 0 Å². The van der Waals surface area contributed by atoms with E-state index >= 15 is 0 Å². The molecule has 2 atom stereocenters. The number of halogens is 2. The van der Waals surface area contributed by atoms with Crippen molar-refractivity contribution in [2.45, 2.75) is 12.1 Å². The Labute approximate surface area is 193 Å². The topological polar surface area (TPSA) is 33.1 Å². The molecule has 4 nitrogen and oxygen atoms in total. The monoisotopic (exact) mass is 492 g/mol. The molecule has 0 radical (unpaired) electrons. The zero-order valence-electron chi connectivity index (χ0n) is 16.3. The van der Waals surface area contributed by atoms with Gasteiger partial charge in [0, 0.05) is 33.9 Å². The molecule has 0 amide bonds. The largest absolute Gasteiger partial charge is 0.351 e. The Morgan fingerprint density at radius 1 is 0.935 bits per heavy atom. The van der Waals surface area contributed by atoms with Crippen LogP contribution in [0, 0.1) is 5.82 Å². The summed E-state index contributed by atoms with van der Waals surface area (Å²) < 4.78 is 17.0. The predicted octanol–water partition coefficient (Wildman–Crippen LogP) is 5.95. The second-order valence-corrected chi connectivity index (χ2v) is 8.56. The Hall–Kier alpha value is -3.03. The van der Waals surface area contributed by atoms with E-state index in [2.05, 4.69) is 31.1 Å². The number of nitrogens with one attached hydrogen (secondary N) is 1. The van der Waals surface area contributed by atoms with Crippen LogP contribution in [0.25, 0.3) is 5.69 Å². The van der Waals surface area contributed by atoms with Gasteiger partial charge in [0.1, 0.15) is 11.9 Å². The number of benzene rings is 2. The van der Waals surface area contributed by atoms with E-state index in [1.807, 2.05) is 71.4 Å². The molecule has 5 rings (SSSR count). The van der Waals surface area contributed by atoms with E-state index in [0.29, 0.717) is 5.11 Å². The number of rotatable bonds is 4. The molecule has 31 heavy (non-hydrogen) atoms. The van der Waals surface area contributed by atoms with Gasteiger partial charge in [-0.3, -0.25) is 4.98 Å². The van der Waals surface area contributed by atoms with Crippen LogP contribution in [0.3, 0.4) is 0 Å². The highest BCUT2D eigenvalue weighted by Crippen LogP contribution is 2.42. The highest BCUT2D eigenvalue weighted by Gasteiger charge is 2.42. The molecular formula is C24H18BrFN4S. The lowest BCUT2D eigenvalue weighted by molar-refractivity contribution is 0.549. The summed E-state index contributed by atoms with van der Waals surface area (Å²) in [6.45, 7) is 0. The fourth-order valence-electron chi connectivity index (χ4n) is 4.03. The molecule has 0 unspecified atom stereocenters. The molecular weight excluding hydrogens is 475 g/mol. The van der Waals surface area contributed by atoms with E-state index < -0.39 is 0 Å². The zero-order valence-corrected chi connectivity index (χ0v) is 18.7. The Morgan fingerprint density at radius 3 is 2.52 bits per heavy atom. The third kappa shape index (κ3) is 3.75. The van der Waals surface area contributed by atoms with Crippen LogP contribution in [0.1, 0.15) is 23.5 Å². The standard InChI is InChI=1S/C24H18BrFN4S/c25-16-9-11-18(12-10-16)30-23(22(28-24(30)31)20-7-1-2-13-27-20)21-8-4-14-29(21)19-6-3-5-17(26)15-19/h1-15,22-23H,(H,28,31)/t22-,23+/m0/s1. The molecule has 7 heteroatoms. The first-order chi connectivity index (χ1) is 15.1. The summed E-state index contributed by atoms with van der Waals surface area (Å²) in [5.41, 5.74) is 3.60. The van der Waals surface area contributed by atoms with Gasteiger partial charge < -0.3 is 14.8 Å². The highest BCUT2D eigenvalue weighted by atomic mass is 79.9. The van der Waals surface area contributed by atoms with Gasteiger partial charge >= 0.3 is 0 Å². The molecule has 1 N–H and O–H groups in total. The van der Waals surface area contributed by atoms with Crippen LogP contribution >= 0.6 is 28.1 Å². The van der Waals surface area contributed by atoms with Gasteiger partial charge in [0.05, 0.1) is 11.7 Å². The van der Waals surface area contributed by atoms with Crippen LogP contribution < -0.4 is 10.2 Å². The summed E-state index contributed by atoms with van der Waals surface area (Å²) in [5, 5.41) is 4.08. The first-order valence-electron chi connectivity index (χ1n) is 9.81. The van der Waals surface area contributed by atoms with Crippen LogP contribution in [0.15, 0.2) is 95.7 Å². The fourth-order valence-corrected chi connectivity index (χ4v) is 4.64. The Bertz CT molecular complexity index is 1230. The number of pyridine rings is 1. The number of hydrogen-bond acceptors (Lipinski definition) is 2. The average Bonchev–Trinajstić information content (AvgIpc) is 3.39. The number of nitrogens with zero attached hydrogens (tertiary/aromatic N) is 3. The van der Waals surface area contributed by atoms with Crippen molar-refractivity contribution in [3.8, 4) is 5.69 Å². The maximum atomic E-state index is 14.0. The van der Waals surface area contributed by atoms with E-state index in [9.17, 15) is 4.39 Å². The van der Waals surface area contributed by atoms with Gasteiger partial charge in [-0.25, -0.2) is 4.39 Å². The van der Waals surface area contributed by atoms with Crippen LogP contribution in [-0.4, -0.2) is 14.7 Å². The van der Waals surface area contributed by atoms with Gasteiger partial charge in [0.25, 0.3) is 0 Å². The fraction of sp³-hybridized carbons (Fsp3) is 0.0833. The van der Waals surface area contributed by atoms with Crippen LogP contribution in [0.2, 0.25) is 0 Å². The zero-order chi connectivity index (χ0) is 21.4. The molecule has 0 spiro atoms. The van der Waals surface area contributed by atoms with E-state index in [4.69, 9.17) is 12.2 Å². The number of hydrogen-bond donors (Lipinski definition) is 1. The van der Waals surface area contributed by atoms with Crippen molar-refractivity contribution in [2.75, 3.05) is 4.90 Å². The van der Waals surface area contributed by atoms with Crippen molar-refractivity contribution in [1.29, 1.82) is 0 Å². The maximum absolute atomic E-state index is 14.0. The van der Waals surface area contributed by atoms with Gasteiger partial charge in [-0.2, -0.15) is 0 Å². The normalized spacial score (nSPS) is 18.3. The van der Waals surface area contributed by atoms with Gasteiger partial charge in [-0.15, -0.1) is 0 Å². The second-order valence-electron chi connectivity index (χ2n) is 7.26.